The maximum Gasteiger partial charge on any atom is 0.0942 e. The van der Waals surface area contributed by atoms with Crippen LogP contribution in [0.25, 0.3) is 0 Å². The van der Waals surface area contributed by atoms with Crippen molar-refractivity contribution < 1.29 is 14.2 Å². The maximum absolute atomic E-state index is 6.18. The van der Waals surface area contributed by atoms with E-state index in [-0.39, 0.29) is 0 Å². The van der Waals surface area contributed by atoms with Gasteiger partial charge < -0.3 is 14.2 Å². The molecule has 0 aromatic heterocycles. The smallest absolute Gasteiger partial charge is 0.0942 e. The summed E-state index contributed by atoms with van der Waals surface area (Å²) in [6.07, 6.45) is 15.5. The van der Waals surface area contributed by atoms with Crippen molar-refractivity contribution >= 4 is 8.07 Å². The third kappa shape index (κ3) is 2.00. The van der Waals surface area contributed by atoms with Crippen molar-refractivity contribution in [1.29, 1.82) is 0 Å². The standard InChI is InChI=1S/C20H30O3Si/c1-2-24(15-9-3-6-12-18(15)21-12,16-10-4-7-13-19(16)22-13)17-11-5-8-14-20(17)23-14/h2,12-20H,1,3-11H2. The summed E-state index contributed by atoms with van der Waals surface area (Å²) in [5.41, 5.74) is 4.88. The highest BCUT2D eigenvalue weighted by atomic mass is 28.3. The van der Waals surface area contributed by atoms with Gasteiger partial charge in [0.25, 0.3) is 0 Å². The molecule has 6 aliphatic rings. The van der Waals surface area contributed by atoms with Gasteiger partial charge in [0, 0.05) is 0 Å². The lowest BCUT2D eigenvalue weighted by Crippen LogP contribution is -2.55. The molecule has 0 bridgehead atoms. The van der Waals surface area contributed by atoms with Crippen molar-refractivity contribution in [2.45, 2.75) is 111 Å². The summed E-state index contributed by atoms with van der Waals surface area (Å²) in [7, 11) is -1.74. The summed E-state index contributed by atoms with van der Waals surface area (Å²) >= 11 is 0. The Balaban J connectivity index is 1.41. The van der Waals surface area contributed by atoms with E-state index in [1.54, 1.807) is 0 Å². The highest BCUT2D eigenvalue weighted by Crippen LogP contribution is 2.65. The molecule has 0 spiro atoms. The molecule has 0 amide bonds. The second-order valence-corrected chi connectivity index (χ2v) is 13.9. The van der Waals surface area contributed by atoms with Crippen LogP contribution in [-0.4, -0.2) is 44.7 Å². The minimum Gasteiger partial charge on any atom is -0.370 e. The largest absolute Gasteiger partial charge is 0.370 e. The van der Waals surface area contributed by atoms with Gasteiger partial charge in [0.1, 0.15) is 0 Å². The molecule has 0 radical (unpaired) electrons. The molecular formula is C20H30O3Si. The molecule has 132 valence electrons. The first-order chi connectivity index (χ1) is 11.8. The molecule has 0 aromatic carbocycles. The van der Waals surface area contributed by atoms with Crippen LogP contribution in [0.4, 0.5) is 0 Å². The van der Waals surface area contributed by atoms with Crippen LogP contribution in [0.15, 0.2) is 12.3 Å². The van der Waals surface area contributed by atoms with Crippen molar-refractivity contribution in [2.75, 3.05) is 0 Å². The number of rotatable bonds is 4. The van der Waals surface area contributed by atoms with Crippen molar-refractivity contribution in [2.24, 2.45) is 0 Å². The normalized spacial score (nSPS) is 56.9. The van der Waals surface area contributed by atoms with E-state index in [2.05, 4.69) is 12.3 Å². The van der Waals surface area contributed by atoms with Crippen LogP contribution in [0, 0.1) is 0 Å². The van der Waals surface area contributed by atoms with Crippen molar-refractivity contribution in [1.82, 2.24) is 0 Å². The Kier molecular flexibility index (Phi) is 3.23. The first-order valence-electron chi connectivity index (χ1n) is 10.4. The van der Waals surface area contributed by atoms with Crippen LogP contribution in [-0.2, 0) is 14.2 Å². The molecule has 3 saturated carbocycles. The maximum atomic E-state index is 6.18. The summed E-state index contributed by atoms with van der Waals surface area (Å²) < 4.78 is 18.5. The molecule has 3 heterocycles. The molecule has 9 unspecified atom stereocenters. The number of fused-ring (bicyclic) bond motifs is 3. The van der Waals surface area contributed by atoms with E-state index in [0.717, 1.165) is 16.6 Å². The van der Waals surface area contributed by atoms with Gasteiger partial charge in [-0.2, -0.15) is 0 Å². The third-order valence-corrected chi connectivity index (χ3v) is 14.8. The van der Waals surface area contributed by atoms with Gasteiger partial charge in [-0.05, 0) is 55.1 Å². The van der Waals surface area contributed by atoms with Gasteiger partial charge >= 0.3 is 0 Å². The van der Waals surface area contributed by atoms with E-state index in [0.29, 0.717) is 36.6 Å². The highest BCUT2D eigenvalue weighted by Gasteiger charge is 2.68. The van der Waals surface area contributed by atoms with Gasteiger partial charge in [0.05, 0.1) is 44.7 Å². The van der Waals surface area contributed by atoms with E-state index < -0.39 is 8.07 Å². The zero-order chi connectivity index (χ0) is 15.9. The molecule has 0 N–H and O–H groups in total. The Morgan fingerprint density at radius 1 is 0.625 bits per heavy atom. The first kappa shape index (κ1) is 14.9. The van der Waals surface area contributed by atoms with Gasteiger partial charge in [-0.15, -0.1) is 12.3 Å². The second-order valence-electron chi connectivity index (χ2n) is 9.23. The zero-order valence-corrected chi connectivity index (χ0v) is 15.6. The van der Waals surface area contributed by atoms with Crippen LogP contribution in [0.2, 0.25) is 16.6 Å². The summed E-state index contributed by atoms with van der Waals surface area (Å²) in [6, 6.07) is 0. The fourth-order valence-electron chi connectivity index (χ4n) is 7.22. The Hall–Kier alpha value is -0.163. The lowest BCUT2D eigenvalue weighted by molar-refractivity contribution is 0.352. The van der Waals surface area contributed by atoms with Crippen molar-refractivity contribution in [3.05, 3.63) is 12.3 Å². The quantitative estimate of drug-likeness (QED) is 0.567. The molecule has 6 fully saturated rings. The van der Waals surface area contributed by atoms with E-state index in [4.69, 9.17) is 14.2 Å². The highest BCUT2D eigenvalue weighted by molar-refractivity contribution is 6.89. The average Bonchev–Trinajstić information content (AvgIpc) is 3.48. The van der Waals surface area contributed by atoms with Gasteiger partial charge in [-0.25, -0.2) is 0 Å². The van der Waals surface area contributed by atoms with E-state index >= 15 is 0 Å². The molecule has 3 nitrogen and oxygen atoms in total. The topological polar surface area (TPSA) is 37.6 Å². The summed E-state index contributed by atoms with van der Waals surface area (Å²) in [5.74, 6) is 0. The van der Waals surface area contributed by atoms with E-state index in [1.807, 2.05) is 0 Å². The summed E-state index contributed by atoms with van der Waals surface area (Å²) in [4.78, 5) is 0. The molecule has 9 atom stereocenters. The monoisotopic (exact) mass is 346 g/mol. The molecule has 0 aromatic rings. The van der Waals surface area contributed by atoms with Crippen LogP contribution in [0.3, 0.4) is 0 Å². The SMILES string of the molecule is C=C[Si](C1CCCC2OC21)(C1CCCC2OC21)C1CCCC2OC21. The van der Waals surface area contributed by atoms with Crippen LogP contribution >= 0.6 is 0 Å². The second kappa shape index (κ2) is 5.18. The fourth-order valence-corrected chi connectivity index (χ4v) is 14.5. The molecular weight excluding hydrogens is 316 g/mol. The Morgan fingerprint density at radius 3 is 1.33 bits per heavy atom. The molecule has 24 heavy (non-hydrogen) atoms. The van der Waals surface area contributed by atoms with Gasteiger partial charge in [0.2, 0.25) is 0 Å². The summed E-state index contributed by atoms with van der Waals surface area (Å²) in [6.45, 7) is 4.51. The van der Waals surface area contributed by atoms with Crippen molar-refractivity contribution in [3.8, 4) is 0 Å². The number of hydrogen-bond donors (Lipinski definition) is 0. The Bertz CT molecular complexity index is 482. The van der Waals surface area contributed by atoms with Crippen LogP contribution in [0.5, 0.6) is 0 Å². The third-order valence-electron chi connectivity index (χ3n) is 8.35. The minimum atomic E-state index is -1.74. The lowest BCUT2D eigenvalue weighted by atomic mass is 9.98. The van der Waals surface area contributed by atoms with Gasteiger partial charge in [0.15, 0.2) is 0 Å². The van der Waals surface area contributed by atoms with Gasteiger partial charge in [-0.3, -0.25) is 0 Å². The van der Waals surface area contributed by atoms with Gasteiger partial charge in [-0.1, -0.05) is 19.3 Å². The van der Waals surface area contributed by atoms with Crippen LogP contribution < -0.4 is 0 Å². The first-order valence-corrected chi connectivity index (χ1v) is 12.7. The number of hydrogen-bond acceptors (Lipinski definition) is 3. The average molecular weight is 347 g/mol. The molecule has 3 saturated heterocycles. The number of ether oxygens (including phenoxy) is 3. The molecule has 3 aliphatic heterocycles. The number of epoxide rings is 3. The Morgan fingerprint density at radius 2 is 1.00 bits per heavy atom. The predicted molar refractivity (Wildman–Crippen MR) is 94.7 cm³/mol. The molecule has 6 rings (SSSR count). The molecule has 4 heteroatoms. The van der Waals surface area contributed by atoms with Crippen molar-refractivity contribution in [3.63, 3.8) is 0 Å². The fraction of sp³-hybridized carbons (Fsp3) is 0.900. The molecule has 3 aliphatic carbocycles. The minimum absolute atomic E-state index is 0.557. The van der Waals surface area contributed by atoms with E-state index in [1.165, 1.54) is 57.8 Å². The zero-order valence-electron chi connectivity index (χ0n) is 14.6. The lowest BCUT2D eigenvalue weighted by Gasteiger charge is -2.49. The summed E-state index contributed by atoms with van der Waals surface area (Å²) in [5, 5.41) is 0. The van der Waals surface area contributed by atoms with E-state index in [9.17, 15) is 0 Å². The predicted octanol–water partition coefficient (Wildman–Crippen LogP) is 4.12. The van der Waals surface area contributed by atoms with Crippen LogP contribution in [0.1, 0.15) is 57.8 Å². The Labute approximate surface area is 146 Å².